The Bertz CT molecular complexity index is 1250. The van der Waals surface area contributed by atoms with Gasteiger partial charge in [0.2, 0.25) is 11.7 Å². The average Bonchev–Trinajstić information content (AvgIpc) is 3.41. The molecule has 160 valence electrons. The number of pyridine rings is 1. The van der Waals surface area contributed by atoms with Gasteiger partial charge in [-0.15, -0.1) is 0 Å². The highest BCUT2D eigenvalue weighted by Crippen LogP contribution is 2.29. The molecule has 2 aromatic rings. The van der Waals surface area contributed by atoms with Crippen molar-refractivity contribution in [1.82, 2.24) is 24.9 Å². The zero-order valence-electron chi connectivity index (χ0n) is 16.7. The van der Waals surface area contributed by atoms with Crippen LogP contribution in [0.25, 0.3) is 22.6 Å². The Hall–Kier alpha value is -3.47. The number of nitrogens with one attached hydrogen (secondary N) is 1. The van der Waals surface area contributed by atoms with Crippen LogP contribution in [-0.2, 0) is 4.74 Å². The first kappa shape index (κ1) is 20.8. The quantitative estimate of drug-likeness (QED) is 0.434. The van der Waals surface area contributed by atoms with Gasteiger partial charge < -0.3 is 13.8 Å². The predicted octanol–water partition coefficient (Wildman–Crippen LogP) is 2.99. The first-order valence-electron chi connectivity index (χ1n) is 9.29. The van der Waals surface area contributed by atoms with Gasteiger partial charge in [0.25, 0.3) is 5.56 Å². The zero-order chi connectivity index (χ0) is 22.0. The van der Waals surface area contributed by atoms with E-state index in [1.54, 1.807) is 40.7 Å². The normalized spacial score (nSPS) is 12.2. The summed E-state index contributed by atoms with van der Waals surface area (Å²) in [5.41, 5.74) is 0.353. The van der Waals surface area contributed by atoms with E-state index in [0.717, 1.165) is 5.75 Å². The van der Waals surface area contributed by atoms with Gasteiger partial charge >= 0.3 is 5.97 Å². The van der Waals surface area contributed by atoms with E-state index in [0.29, 0.717) is 6.42 Å². The number of aromatic nitrogens is 5. The number of fused-ring (bicyclic) bond motifs is 1. The van der Waals surface area contributed by atoms with Crippen molar-refractivity contribution in [2.75, 3.05) is 19.1 Å². The number of nitrogens with zero attached hydrogens (tertiary/aromatic N) is 4. The summed E-state index contributed by atoms with van der Waals surface area (Å²) < 4.78 is 26.1. The van der Waals surface area contributed by atoms with Crippen LogP contribution in [0.3, 0.4) is 0 Å². The fourth-order valence-corrected chi connectivity index (χ4v) is 3.71. The second-order valence-corrected chi connectivity index (χ2v) is 7.64. The van der Waals surface area contributed by atoms with Crippen molar-refractivity contribution >= 4 is 17.7 Å². The summed E-state index contributed by atoms with van der Waals surface area (Å²) in [7, 11) is 1.25. The first-order valence-corrected chi connectivity index (χ1v) is 10.7. The Kier molecular flexibility index (Phi) is 5.85. The van der Waals surface area contributed by atoms with Crippen LogP contribution in [0.4, 0.5) is 4.39 Å². The number of methoxy groups -OCH3 is 1. The summed E-state index contributed by atoms with van der Waals surface area (Å²) in [4.78, 5) is 28.9. The molecule has 0 fully saturated rings. The number of halogens is 1. The summed E-state index contributed by atoms with van der Waals surface area (Å²) in [5.74, 6) is -0.0246. The van der Waals surface area contributed by atoms with Crippen LogP contribution in [0.2, 0.25) is 0 Å². The van der Waals surface area contributed by atoms with E-state index in [1.807, 2.05) is 6.26 Å². The molecule has 0 aliphatic carbocycles. The van der Waals surface area contributed by atoms with Crippen molar-refractivity contribution in [2.24, 2.45) is 0 Å². The van der Waals surface area contributed by atoms with E-state index in [4.69, 9.17) is 9.26 Å². The summed E-state index contributed by atoms with van der Waals surface area (Å²) in [6.45, 7) is 0. The van der Waals surface area contributed by atoms with Crippen LogP contribution in [-0.4, -0.2) is 50.0 Å². The zero-order valence-corrected chi connectivity index (χ0v) is 17.5. The number of aromatic amines is 1. The molecule has 0 radical (unpaired) electrons. The van der Waals surface area contributed by atoms with Crippen LogP contribution < -0.4 is 5.56 Å². The molecule has 1 atom stereocenters. The Morgan fingerprint density at radius 2 is 2.13 bits per heavy atom. The molecule has 1 aromatic heterocycles. The van der Waals surface area contributed by atoms with E-state index in [9.17, 15) is 14.0 Å². The smallest absolute Gasteiger partial charge is 0.341 e. The number of H-pyrrole nitrogens is 1. The van der Waals surface area contributed by atoms with Gasteiger partial charge in [0.1, 0.15) is 23.1 Å². The van der Waals surface area contributed by atoms with Gasteiger partial charge in [-0.2, -0.15) is 21.8 Å². The molecule has 1 aromatic carbocycles. The van der Waals surface area contributed by atoms with Crippen molar-refractivity contribution < 1.29 is 18.4 Å². The first-order chi connectivity index (χ1) is 15.0. The molecule has 9 nitrogen and oxygen atoms in total. The number of rotatable bonds is 7. The van der Waals surface area contributed by atoms with Crippen LogP contribution in [0.5, 0.6) is 0 Å². The number of ether oxygens (including phenoxy) is 1. The predicted molar refractivity (Wildman–Crippen MR) is 112 cm³/mol. The molecule has 0 saturated carbocycles. The van der Waals surface area contributed by atoms with Crippen molar-refractivity contribution in [2.45, 2.75) is 12.5 Å². The monoisotopic (exact) mass is 443 g/mol. The fraction of sp³-hybridized carbons (Fsp3) is 0.250. The molecule has 0 bridgehead atoms. The summed E-state index contributed by atoms with van der Waals surface area (Å²) in [6.07, 6.45) is 5.62. The van der Waals surface area contributed by atoms with Crippen LogP contribution in [0.1, 0.15) is 28.7 Å². The molecule has 4 rings (SSSR count). The third-order valence-electron chi connectivity index (χ3n) is 4.78. The lowest BCUT2D eigenvalue weighted by molar-refractivity contribution is 0.0600. The maximum absolute atomic E-state index is 14.1. The van der Waals surface area contributed by atoms with Crippen molar-refractivity contribution in [1.29, 1.82) is 0 Å². The van der Waals surface area contributed by atoms with E-state index in [1.165, 1.54) is 19.4 Å². The second-order valence-electron chi connectivity index (χ2n) is 6.66. The Balaban J connectivity index is 1.83. The number of carbonyl (C=O) groups excluding carboxylic acids is 1. The van der Waals surface area contributed by atoms with Crippen molar-refractivity contribution in [3.8, 4) is 22.6 Å². The highest BCUT2D eigenvalue weighted by Gasteiger charge is 2.27. The molecular formula is C20H18FN5O4S. The van der Waals surface area contributed by atoms with Crippen LogP contribution >= 0.6 is 11.8 Å². The number of hydrogen-bond acceptors (Lipinski definition) is 8. The molecule has 11 heteroatoms. The summed E-state index contributed by atoms with van der Waals surface area (Å²) in [5, 5.41) is 10.2. The third kappa shape index (κ3) is 3.96. The van der Waals surface area contributed by atoms with E-state index in [2.05, 4.69) is 20.3 Å². The molecule has 2 aliphatic rings. The molecule has 1 N–H and O–H groups in total. The fourth-order valence-electron chi connectivity index (χ4n) is 3.25. The molecule has 0 spiro atoms. The van der Waals surface area contributed by atoms with Gasteiger partial charge in [0, 0.05) is 12.4 Å². The number of carbonyl (C=O) groups is 1. The minimum Gasteiger partial charge on any atom is -0.465 e. The molecule has 31 heavy (non-hydrogen) atoms. The molecule has 0 unspecified atom stereocenters. The van der Waals surface area contributed by atoms with Crippen LogP contribution in [0, 0.1) is 5.82 Å². The van der Waals surface area contributed by atoms with Gasteiger partial charge in [-0.1, -0.05) is 17.3 Å². The van der Waals surface area contributed by atoms with E-state index >= 15 is 0 Å². The SMILES string of the molecule is COC(=O)c1cn([C@@H](CCSC)c2nc(-c3ccccc3F)no2)cc2c(=O)[nH]nc1-2. The number of esters is 1. The molecular weight excluding hydrogens is 425 g/mol. The highest BCUT2D eigenvalue weighted by atomic mass is 32.2. The number of thioether (sulfide) groups is 1. The third-order valence-corrected chi connectivity index (χ3v) is 5.43. The van der Waals surface area contributed by atoms with Gasteiger partial charge in [-0.05, 0) is 30.6 Å². The molecule has 2 aliphatic heterocycles. The van der Waals surface area contributed by atoms with E-state index < -0.39 is 23.4 Å². The van der Waals surface area contributed by atoms with Gasteiger partial charge in [0.15, 0.2) is 0 Å². The lowest BCUT2D eigenvalue weighted by Crippen LogP contribution is -2.17. The van der Waals surface area contributed by atoms with E-state index in [-0.39, 0.29) is 34.1 Å². The standard InChI is InChI=1S/C20H18FN5O4S/c1-29-20(28)13-10-26(9-12-16(13)23-24-18(12)27)15(7-8-31-2)19-22-17(25-30-19)11-5-3-4-6-14(11)21/h3-6,9-10,15H,7-8H2,1-2H3,(H,24,27)/t15-/m0/s1. The average molecular weight is 443 g/mol. The van der Waals surface area contributed by atoms with Gasteiger partial charge in [0.05, 0.1) is 18.2 Å². The molecule has 0 saturated heterocycles. The Morgan fingerprint density at radius 1 is 1.32 bits per heavy atom. The maximum atomic E-state index is 14.1. The second kappa shape index (κ2) is 8.72. The summed E-state index contributed by atoms with van der Waals surface area (Å²) in [6, 6.07) is 5.63. The maximum Gasteiger partial charge on any atom is 0.341 e. The number of benzene rings is 1. The topological polar surface area (TPSA) is 116 Å². The molecule has 0 amide bonds. The van der Waals surface area contributed by atoms with Crippen molar-refractivity contribution in [3.63, 3.8) is 0 Å². The minimum absolute atomic E-state index is 0.116. The van der Waals surface area contributed by atoms with Crippen LogP contribution in [0.15, 0.2) is 46.0 Å². The highest BCUT2D eigenvalue weighted by molar-refractivity contribution is 7.98. The lowest BCUT2D eigenvalue weighted by Gasteiger charge is -2.19. The minimum atomic E-state index is -0.632. The Labute approximate surface area is 180 Å². The molecule has 3 heterocycles. The number of hydrogen-bond donors (Lipinski definition) is 1. The van der Waals surface area contributed by atoms with Crippen molar-refractivity contribution in [3.05, 3.63) is 64.3 Å². The largest absolute Gasteiger partial charge is 0.465 e. The van der Waals surface area contributed by atoms with Gasteiger partial charge in [-0.25, -0.2) is 14.3 Å². The lowest BCUT2D eigenvalue weighted by atomic mass is 10.1. The van der Waals surface area contributed by atoms with Gasteiger partial charge in [-0.3, -0.25) is 4.79 Å². The summed E-state index contributed by atoms with van der Waals surface area (Å²) >= 11 is 1.61. The Morgan fingerprint density at radius 3 is 2.87 bits per heavy atom.